The van der Waals surface area contributed by atoms with Crippen LogP contribution in [0.1, 0.15) is 22.3 Å². The lowest BCUT2D eigenvalue weighted by Gasteiger charge is -2.35. The van der Waals surface area contributed by atoms with Gasteiger partial charge in [0.1, 0.15) is 0 Å². The average molecular weight is 486 g/mol. The Kier molecular flexibility index (Phi) is 5.41. The summed E-state index contributed by atoms with van der Waals surface area (Å²) in [6, 6.07) is 59.1. The molecule has 38 heavy (non-hydrogen) atoms. The van der Waals surface area contributed by atoms with E-state index in [4.69, 9.17) is 0 Å². The number of rotatable bonds is 5. The van der Waals surface area contributed by atoms with Crippen LogP contribution in [-0.4, -0.2) is 0 Å². The van der Waals surface area contributed by atoms with Gasteiger partial charge in [-0.1, -0.05) is 127 Å². The molecule has 0 radical (unpaired) electrons. The third-order valence-corrected chi connectivity index (χ3v) is 7.73. The standard InChI is InChI=1S/C37H27N/c1-5-15-28(16-6-1)37(29-17-7-2-8-18-29)35-24-14-13-23-33(35)34-26-25-32(27-36(34)37)38(30-19-9-3-10-20-30)31-21-11-4-12-22-31/h1-27H. The second-order valence-corrected chi connectivity index (χ2v) is 9.76. The summed E-state index contributed by atoms with van der Waals surface area (Å²) in [7, 11) is 0. The molecule has 0 aliphatic heterocycles. The monoisotopic (exact) mass is 485 g/mol. The van der Waals surface area contributed by atoms with E-state index in [0.717, 1.165) is 17.1 Å². The third kappa shape index (κ3) is 3.40. The van der Waals surface area contributed by atoms with Crippen LogP contribution < -0.4 is 4.90 Å². The Morgan fingerprint density at radius 1 is 0.342 bits per heavy atom. The molecule has 1 nitrogen and oxygen atoms in total. The fraction of sp³-hybridized carbons (Fsp3) is 0.0270. The number of hydrogen-bond donors (Lipinski definition) is 0. The van der Waals surface area contributed by atoms with Gasteiger partial charge in [-0.15, -0.1) is 0 Å². The first kappa shape index (κ1) is 22.3. The third-order valence-electron chi connectivity index (χ3n) is 7.73. The normalized spacial score (nSPS) is 12.9. The molecule has 1 heteroatoms. The number of para-hydroxylation sites is 2. The predicted molar refractivity (Wildman–Crippen MR) is 158 cm³/mol. The van der Waals surface area contributed by atoms with Gasteiger partial charge in [0.25, 0.3) is 0 Å². The SMILES string of the molecule is c1ccc(N(c2ccccc2)c2ccc3c(c2)C(c2ccccc2)(c2ccccc2)c2ccccc2-3)cc1. The molecule has 6 aromatic carbocycles. The van der Waals surface area contributed by atoms with Crippen LogP contribution in [0.25, 0.3) is 11.1 Å². The highest BCUT2D eigenvalue weighted by Gasteiger charge is 2.46. The van der Waals surface area contributed by atoms with Gasteiger partial charge in [-0.05, 0) is 69.8 Å². The van der Waals surface area contributed by atoms with E-state index in [1.54, 1.807) is 0 Å². The summed E-state index contributed by atoms with van der Waals surface area (Å²) in [5.74, 6) is 0. The van der Waals surface area contributed by atoms with Crippen LogP contribution in [0, 0.1) is 0 Å². The molecule has 180 valence electrons. The van der Waals surface area contributed by atoms with Gasteiger partial charge < -0.3 is 4.90 Å². The van der Waals surface area contributed by atoms with Crippen molar-refractivity contribution in [2.45, 2.75) is 5.41 Å². The van der Waals surface area contributed by atoms with Gasteiger partial charge in [-0.3, -0.25) is 0 Å². The van der Waals surface area contributed by atoms with Crippen molar-refractivity contribution in [3.63, 3.8) is 0 Å². The summed E-state index contributed by atoms with van der Waals surface area (Å²) in [5, 5.41) is 0. The zero-order valence-corrected chi connectivity index (χ0v) is 21.0. The number of fused-ring (bicyclic) bond motifs is 3. The lowest BCUT2D eigenvalue weighted by molar-refractivity contribution is 0.768. The average Bonchev–Trinajstić information content (AvgIpc) is 3.30. The molecule has 0 amide bonds. The van der Waals surface area contributed by atoms with Crippen molar-refractivity contribution < 1.29 is 0 Å². The fourth-order valence-corrected chi connectivity index (χ4v) is 6.17. The van der Waals surface area contributed by atoms with Crippen molar-refractivity contribution in [2.24, 2.45) is 0 Å². The second kappa shape index (κ2) is 9.21. The fourth-order valence-electron chi connectivity index (χ4n) is 6.17. The Balaban J connectivity index is 1.55. The van der Waals surface area contributed by atoms with Crippen molar-refractivity contribution in [3.8, 4) is 11.1 Å². The lowest BCUT2D eigenvalue weighted by Crippen LogP contribution is -2.28. The minimum absolute atomic E-state index is 0.413. The molecule has 0 N–H and O–H groups in total. The quantitative estimate of drug-likeness (QED) is 0.235. The highest BCUT2D eigenvalue weighted by molar-refractivity contribution is 5.89. The Labute approximate surface area is 224 Å². The first-order valence-electron chi connectivity index (χ1n) is 13.1. The van der Waals surface area contributed by atoms with Gasteiger partial charge in [-0.2, -0.15) is 0 Å². The van der Waals surface area contributed by atoms with Gasteiger partial charge >= 0.3 is 0 Å². The molecular weight excluding hydrogens is 458 g/mol. The molecule has 6 aromatic rings. The van der Waals surface area contributed by atoms with E-state index in [2.05, 4.69) is 169 Å². The lowest BCUT2D eigenvalue weighted by atomic mass is 9.67. The number of nitrogens with zero attached hydrogens (tertiary/aromatic N) is 1. The van der Waals surface area contributed by atoms with Crippen LogP contribution in [0.5, 0.6) is 0 Å². The first-order valence-corrected chi connectivity index (χ1v) is 13.1. The topological polar surface area (TPSA) is 3.24 Å². The van der Waals surface area contributed by atoms with Crippen LogP contribution in [0.2, 0.25) is 0 Å². The Bertz CT molecular complexity index is 1610. The smallest absolute Gasteiger partial charge is 0.0714 e. The van der Waals surface area contributed by atoms with E-state index in [1.807, 2.05) is 0 Å². The molecule has 0 unspecified atom stereocenters. The summed E-state index contributed by atoms with van der Waals surface area (Å²) in [6.07, 6.45) is 0. The Morgan fingerprint density at radius 3 is 1.34 bits per heavy atom. The van der Waals surface area contributed by atoms with Gasteiger partial charge in [0.05, 0.1) is 5.41 Å². The van der Waals surface area contributed by atoms with Crippen molar-refractivity contribution >= 4 is 17.1 Å². The van der Waals surface area contributed by atoms with Crippen LogP contribution in [-0.2, 0) is 5.41 Å². The highest BCUT2D eigenvalue weighted by Crippen LogP contribution is 2.57. The Hall–Kier alpha value is -4.88. The van der Waals surface area contributed by atoms with Crippen LogP contribution in [0.3, 0.4) is 0 Å². The summed E-state index contributed by atoms with van der Waals surface area (Å²) in [4.78, 5) is 2.35. The number of benzene rings is 6. The minimum Gasteiger partial charge on any atom is -0.310 e. The zero-order valence-electron chi connectivity index (χ0n) is 21.0. The molecule has 0 fully saturated rings. The summed E-state index contributed by atoms with van der Waals surface area (Å²) in [6.45, 7) is 0. The molecule has 0 saturated carbocycles. The maximum Gasteiger partial charge on any atom is 0.0714 e. The molecule has 1 aliphatic carbocycles. The summed E-state index contributed by atoms with van der Waals surface area (Å²) >= 11 is 0. The summed E-state index contributed by atoms with van der Waals surface area (Å²) in [5.41, 5.74) is 10.8. The van der Waals surface area contributed by atoms with E-state index in [-0.39, 0.29) is 0 Å². The van der Waals surface area contributed by atoms with E-state index >= 15 is 0 Å². The van der Waals surface area contributed by atoms with Crippen LogP contribution in [0.15, 0.2) is 164 Å². The maximum atomic E-state index is 2.41. The number of anilines is 3. The molecule has 0 atom stereocenters. The summed E-state index contributed by atoms with van der Waals surface area (Å²) < 4.78 is 0. The van der Waals surface area contributed by atoms with Crippen molar-refractivity contribution in [1.29, 1.82) is 0 Å². The van der Waals surface area contributed by atoms with Gasteiger partial charge in [-0.25, -0.2) is 0 Å². The minimum atomic E-state index is -0.413. The molecule has 7 rings (SSSR count). The highest BCUT2D eigenvalue weighted by atomic mass is 15.1. The predicted octanol–water partition coefficient (Wildman–Crippen LogP) is 9.52. The van der Waals surface area contributed by atoms with Crippen molar-refractivity contribution in [3.05, 3.63) is 186 Å². The Morgan fingerprint density at radius 2 is 0.789 bits per heavy atom. The number of hydrogen-bond acceptors (Lipinski definition) is 1. The largest absolute Gasteiger partial charge is 0.310 e. The van der Waals surface area contributed by atoms with Gasteiger partial charge in [0, 0.05) is 17.1 Å². The molecule has 0 spiro atoms. The first-order chi connectivity index (χ1) is 18.9. The second-order valence-electron chi connectivity index (χ2n) is 9.76. The molecule has 0 bridgehead atoms. The zero-order chi connectivity index (χ0) is 25.4. The van der Waals surface area contributed by atoms with Crippen molar-refractivity contribution in [2.75, 3.05) is 4.90 Å². The molecule has 1 aliphatic rings. The van der Waals surface area contributed by atoms with E-state index < -0.39 is 5.41 Å². The van der Waals surface area contributed by atoms with Gasteiger partial charge in [0.15, 0.2) is 0 Å². The molecule has 0 aromatic heterocycles. The van der Waals surface area contributed by atoms with E-state index in [9.17, 15) is 0 Å². The van der Waals surface area contributed by atoms with Gasteiger partial charge in [0.2, 0.25) is 0 Å². The molecular formula is C37H27N. The molecule has 0 saturated heterocycles. The van der Waals surface area contributed by atoms with Crippen LogP contribution in [0.4, 0.5) is 17.1 Å². The van der Waals surface area contributed by atoms with Crippen LogP contribution >= 0.6 is 0 Å². The molecule has 0 heterocycles. The van der Waals surface area contributed by atoms with E-state index in [0.29, 0.717) is 0 Å². The maximum absolute atomic E-state index is 2.41. The van der Waals surface area contributed by atoms with Crippen molar-refractivity contribution in [1.82, 2.24) is 0 Å². The van der Waals surface area contributed by atoms with E-state index in [1.165, 1.54) is 33.4 Å².